The van der Waals surface area contributed by atoms with Gasteiger partial charge in [-0.1, -0.05) is 13.8 Å². The monoisotopic (exact) mass is 632 g/mol. The third-order valence-corrected chi connectivity index (χ3v) is 7.13. The van der Waals surface area contributed by atoms with Gasteiger partial charge in [0.15, 0.2) is 0 Å². The molecule has 11 N–H and O–H groups in total. The van der Waals surface area contributed by atoms with Crippen LogP contribution >= 0.6 is 7.82 Å². The van der Waals surface area contributed by atoms with Gasteiger partial charge in [-0.15, -0.1) is 0 Å². The first-order valence-electron chi connectivity index (χ1n) is 13.7. The summed E-state index contributed by atoms with van der Waals surface area (Å²) in [5, 5.41) is 22.6. The molecule has 2 heterocycles. The van der Waals surface area contributed by atoms with Crippen LogP contribution in [-0.2, 0) is 39.5 Å². The first-order chi connectivity index (χ1) is 20.1. The summed E-state index contributed by atoms with van der Waals surface area (Å²) in [5.74, 6) is -4.22. The number of rotatable bonds is 17. The zero-order valence-corrected chi connectivity index (χ0v) is 25.0. The fourth-order valence-electron chi connectivity index (χ4n) is 4.40. The Labute approximate surface area is 247 Å². The van der Waals surface area contributed by atoms with Crippen molar-refractivity contribution in [1.82, 2.24) is 36.6 Å². The lowest BCUT2D eigenvalue weighted by molar-refractivity contribution is -0.135. The maximum absolute atomic E-state index is 13.4. The molecule has 6 atom stereocenters. The van der Waals surface area contributed by atoms with Crippen molar-refractivity contribution in [3.63, 3.8) is 0 Å². The number of carbonyl (C=O) groups is 5. The van der Waals surface area contributed by atoms with Crippen LogP contribution in [0.25, 0.3) is 0 Å². The number of imidazole rings is 1. The molecule has 1 aromatic rings. The molecule has 0 spiro atoms. The Morgan fingerprint density at radius 1 is 1.05 bits per heavy atom. The van der Waals surface area contributed by atoms with E-state index in [4.69, 9.17) is 15.5 Å². The fraction of sp³-hybridized carbons (Fsp3) is 0.667. The highest BCUT2D eigenvalue weighted by atomic mass is 31.2. The number of nitrogens with zero attached hydrogens (tertiary/aromatic N) is 1. The summed E-state index contributed by atoms with van der Waals surface area (Å²) in [7, 11) is -5.06. The molecular weight excluding hydrogens is 591 g/mol. The maximum atomic E-state index is 13.4. The fourth-order valence-corrected chi connectivity index (χ4v) is 4.95. The van der Waals surface area contributed by atoms with Crippen LogP contribution in [0.5, 0.6) is 0 Å². The highest BCUT2D eigenvalue weighted by Crippen LogP contribution is 2.38. The SMILES string of the molecule is CC(C)C[C@H](NC(=O)[C@@H]1CCCN1)C(=O)N[C@@H](Cc1cnc[nH]1)C(=O)N[C@@H](CO)C(=O)N[C@H](C(N)=O)[C@@H](C)OP(=O)(O)O. The summed E-state index contributed by atoms with van der Waals surface area (Å²) in [6, 6.07) is -6.13. The van der Waals surface area contributed by atoms with Crippen LogP contribution in [0.2, 0.25) is 0 Å². The van der Waals surface area contributed by atoms with Gasteiger partial charge in [0, 0.05) is 18.3 Å². The minimum Gasteiger partial charge on any atom is -0.394 e. The number of carbonyl (C=O) groups excluding carboxylic acids is 5. The molecule has 1 fully saturated rings. The zero-order chi connectivity index (χ0) is 32.3. The van der Waals surface area contributed by atoms with Crippen LogP contribution in [0.1, 0.15) is 45.7 Å². The average Bonchev–Trinajstić information content (AvgIpc) is 3.62. The van der Waals surface area contributed by atoms with E-state index in [1.807, 2.05) is 13.8 Å². The highest BCUT2D eigenvalue weighted by Gasteiger charge is 2.35. The van der Waals surface area contributed by atoms with Gasteiger partial charge in [-0.05, 0) is 38.6 Å². The molecule has 43 heavy (non-hydrogen) atoms. The first-order valence-corrected chi connectivity index (χ1v) is 15.2. The van der Waals surface area contributed by atoms with E-state index in [2.05, 4.69) is 41.1 Å². The molecule has 1 aliphatic heterocycles. The number of primary amides is 1. The van der Waals surface area contributed by atoms with E-state index in [9.17, 15) is 33.6 Å². The summed E-state index contributed by atoms with van der Waals surface area (Å²) in [6.45, 7) is 4.53. The van der Waals surface area contributed by atoms with E-state index < -0.39 is 74.4 Å². The van der Waals surface area contributed by atoms with Gasteiger partial charge < -0.3 is 52.2 Å². The lowest BCUT2D eigenvalue weighted by atomic mass is 10.0. The van der Waals surface area contributed by atoms with Crippen LogP contribution in [0.4, 0.5) is 0 Å². The van der Waals surface area contributed by atoms with E-state index >= 15 is 0 Å². The van der Waals surface area contributed by atoms with E-state index in [0.29, 0.717) is 18.7 Å². The van der Waals surface area contributed by atoms with Crippen molar-refractivity contribution in [2.24, 2.45) is 11.7 Å². The van der Waals surface area contributed by atoms with Gasteiger partial charge in [-0.3, -0.25) is 28.5 Å². The van der Waals surface area contributed by atoms with Gasteiger partial charge >= 0.3 is 7.82 Å². The molecule has 1 aliphatic rings. The van der Waals surface area contributed by atoms with Gasteiger partial charge in [0.2, 0.25) is 29.5 Å². The molecule has 18 nitrogen and oxygen atoms in total. The van der Waals surface area contributed by atoms with E-state index in [1.54, 1.807) is 0 Å². The van der Waals surface area contributed by atoms with Crippen LogP contribution in [0, 0.1) is 5.92 Å². The summed E-state index contributed by atoms with van der Waals surface area (Å²) < 4.78 is 15.6. The molecular formula is C24H41N8O10P. The van der Waals surface area contributed by atoms with Crippen molar-refractivity contribution in [2.75, 3.05) is 13.2 Å². The molecule has 19 heteroatoms. The van der Waals surface area contributed by atoms with Crippen molar-refractivity contribution in [2.45, 2.75) is 82.8 Å². The molecule has 0 unspecified atom stereocenters. The van der Waals surface area contributed by atoms with Gasteiger partial charge in [0.1, 0.15) is 24.2 Å². The number of amides is 5. The van der Waals surface area contributed by atoms with Crippen molar-refractivity contribution < 1.29 is 48.0 Å². The number of aliphatic hydroxyl groups is 1. The Morgan fingerprint density at radius 2 is 1.67 bits per heavy atom. The molecule has 1 saturated heterocycles. The smallest absolute Gasteiger partial charge is 0.394 e. The number of hydrogen-bond donors (Lipinski definition) is 10. The van der Waals surface area contributed by atoms with Crippen molar-refractivity contribution in [3.8, 4) is 0 Å². The molecule has 5 amide bonds. The summed E-state index contributed by atoms with van der Waals surface area (Å²) in [4.78, 5) is 88.8. The maximum Gasteiger partial charge on any atom is 0.469 e. The third kappa shape index (κ3) is 12.0. The first kappa shape index (κ1) is 35.8. The van der Waals surface area contributed by atoms with Crippen LogP contribution < -0.4 is 32.3 Å². The number of aromatic amines is 1. The molecule has 0 radical (unpaired) electrons. The number of nitrogens with one attached hydrogen (secondary N) is 6. The third-order valence-electron chi connectivity index (χ3n) is 6.52. The zero-order valence-electron chi connectivity index (χ0n) is 24.1. The van der Waals surface area contributed by atoms with Gasteiger partial charge in [0.05, 0.1) is 25.1 Å². The van der Waals surface area contributed by atoms with Crippen LogP contribution in [0.15, 0.2) is 12.5 Å². The Morgan fingerprint density at radius 3 is 2.19 bits per heavy atom. The van der Waals surface area contributed by atoms with Crippen molar-refractivity contribution >= 4 is 37.4 Å². The topological polar surface area (TPSA) is 287 Å². The largest absolute Gasteiger partial charge is 0.469 e. The number of nitrogens with two attached hydrogens (primary N) is 1. The second kappa shape index (κ2) is 16.4. The van der Waals surface area contributed by atoms with Crippen LogP contribution in [0.3, 0.4) is 0 Å². The number of aliphatic hydroxyl groups excluding tert-OH is 1. The lowest BCUT2D eigenvalue weighted by Gasteiger charge is -2.27. The quantitative estimate of drug-likeness (QED) is 0.0755. The van der Waals surface area contributed by atoms with Crippen molar-refractivity contribution in [1.29, 1.82) is 0 Å². The number of H-pyrrole nitrogens is 1. The van der Waals surface area contributed by atoms with E-state index in [0.717, 1.165) is 13.3 Å². The normalized spacial score (nSPS) is 18.6. The second-order valence-corrected chi connectivity index (χ2v) is 11.8. The number of hydrogen-bond acceptors (Lipinski definition) is 10. The van der Waals surface area contributed by atoms with Gasteiger partial charge in [-0.25, -0.2) is 9.55 Å². The average molecular weight is 633 g/mol. The summed E-state index contributed by atoms with van der Waals surface area (Å²) >= 11 is 0. The van der Waals surface area contributed by atoms with E-state index in [-0.39, 0.29) is 24.7 Å². The standard InChI is InChI=1S/C24H41N8O10P/c1-12(2)7-16(29-21(35)15-5-4-6-27-15)22(36)30-17(8-14-9-26-11-28-14)23(37)31-18(10-33)24(38)32-19(20(25)34)13(3)42-43(39,40)41/h9,11-13,15-19,27,33H,4-8,10H2,1-3H3,(H2,25,34)(H,26,28)(H,29,35)(H,30,36)(H,31,37)(H,32,38)(H2,39,40,41)/t13-,15+,16+,17+,18+,19+/m1/s1. The molecule has 0 saturated carbocycles. The molecule has 0 bridgehead atoms. The Bertz CT molecular complexity index is 1150. The predicted octanol–water partition coefficient (Wildman–Crippen LogP) is -3.34. The minimum atomic E-state index is -5.06. The Balaban J connectivity index is 2.19. The minimum absolute atomic E-state index is 0.00471. The summed E-state index contributed by atoms with van der Waals surface area (Å²) in [6.07, 6.45) is 2.81. The van der Waals surface area contributed by atoms with Crippen LogP contribution in [-0.4, -0.2) is 104 Å². The Hall–Kier alpha value is -3.41. The number of aromatic nitrogens is 2. The predicted molar refractivity (Wildman–Crippen MR) is 149 cm³/mol. The van der Waals surface area contributed by atoms with Crippen molar-refractivity contribution in [3.05, 3.63) is 18.2 Å². The highest BCUT2D eigenvalue weighted by molar-refractivity contribution is 7.46. The summed E-state index contributed by atoms with van der Waals surface area (Å²) in [5.41, 5.74) is 5.68. The number of phosphoric acid groups is 1. The van der Waals surface area contributed by atoms with Gasteiger partial charge in [0.25, 0.3) is 0 Å². The molecule has 0 aromatic carbocycles. The molecule has 2 rings (SSSR count). The van der Waals surface area contributed by atoms with Gasteiger partial charge in [-0.2, -0.15) is 0 Å². The number of phosphoric ester groups is 1. The van der Waals surface area contributed by atoms with E-state index in [1.165, 1.54) is 12.5 Å². The lowest BCUT2D eigenvalue weighted by Crippen LogP contribution is -2.61. The molecule has 0 aliphatic carbocycles. The Kier molecular flexibility index (Phi) is 13.7. The molecule has 1 aromatic heterocycles. The second-order valence-electron chi connectivity index (χ2n) is 10.6. The molecule has 242 valence electrons.